The van der Waals surface area contributed by atoms with Crippen molar-refractivity contribution in [1.82, 2.24) is 9.88 Å². The van der Waals surface area contributed by atoms with E-state index in [1.54, 1.807) is 18.2 Å². The van der Waals surface area contributed by atoms with Gasteiger partial charge in [-0.05, 0) is 41.6 Å². The maximum atomic E-state index is 14.1. The lowest BCUT2D eigenvalue weighted by Crippen LogP contribution is -2.36. The van der Waals surface area contributed by atoms with E-state index in [0.717, 1.165) is 22.0 Å². The average molecular weight is 415 g/mol. The summed E-state index contributed by atoms with van der Waals surface area (Å²) in [6.07, 6.45) is 0. The number of para-hydroxylation sites is 2. The maximum Gasteiger partial charge on any atom is 0.322 e. The third kappa shape index (κ3) is 4.64. The minimum Gasteiger partial charge on any atom is -0.321 e. The summed E-state index contributed by atoms with van der Waals surface area (Å²) in [5.41, 5.74) is 2.95. The number of hydrogen-bond donors (Lipinski definition) is 2. The second kappa shape index (κ2) is 8.83. The van der Waals surface area contributed by atoms with E-state index in [4.69, 9.17) is 0 Å². The molecule has 0 saturated carbocycles. The SMILES string of the molecule is Cc1cccc2cc(CN(Cc3ccccc3)C(=O)Nc3ccccc3F)c(=O)[nH]c12. The van der Waals surface area contributed by atoms with Gasteiger partial charge >= 0.3 is 6.03 Å². The van der Waals surface area contributed by atoms with Gasteiger partial charge in [0.05, 0.1) is 17.7 Å². The Morgan fingerprint density at radius 1 is 0.968 bits per heavy atom. The lowest BCUT2D eigenvalue weighted by Gasteiger charge is -2.23. The van der Waals surface area contributed by atoms with Crippen molar-refractivity contribution in [2.75, 3.05) is 5.32 Å². The van der Waals surface area contributed by atoms with Crippen LogP contribution in [0, 0.1) is 12.7 Å². The summed E-state index contributed by atoms with van der Waals surface area (Å²) in [5, 5.41) is 3.51. The molecule has 0 fully saturated rings. The monoisotopic (exact) mass is 415 g/mol. The van der Waals surface area contributed by atoms with Gasteiger partial charge in [-0.25, -0.2) is 9.18 Å². The molecule has 0 saturated heterocycles. The third-order valence-corrected chi connectivity index (χ3v) is 5.15. The van der Waals surface area contributed by atoms with E-state index < -0.39 is 11.8 Å². The molecule has 0 bridgehead atoms. The van der Waals surface area contributed by atoms with E-state index in [2.05, 4.69) is 10.3 Å². The first-order chi connectivity index (χ1) is 15.0. The molecule has 0 spiro atoms. The second-order valence-corrected chi connectivity index (χ2v) is 7.41. The first-order valence-electron chi connectivity index (χ1n) is 9.97. The molecule has 156 valence electrons. The van der Waals surface area contributed by atoms with Crippen LogP contribution in [0.15, 0.2) is 83.7 Å². The predicted octanol–water partition coefficient (Wildman–Crippen LogP) is 5.21. The molecular weight excluding hydrogens is 393 g/mol. The Morgan fingerprint density at radius 2 is 1.71 bits per heavy atom. The molecule has 0 aliphatic rings. The smallest absolute Gasteiger partial charge is 0.321 e. The first-order valence-corrected chi connectivity index (χ1v) is 9.97. The Morgan fingerprint density at radius 3 is 2.48 bits per heavy atom. The summed E-state index contributed by atoms with van der Waals surface area (Å²) < 4.78 is 14.1. The Hall–Kier alpha value is -3.93. The highest BCUT2D eigenvalue weighted by atomic mass is 19.1. The molecule has 0 atom stereocenters. The highest BCUT2D eigenvalue weighted by molar-refractivity contribution is 5.89. The number of fused-ring (bicyclic) bond motifs is 1. The zero-order chi connectivity index (χ0) is 21.8. The van der Waals surface area contributed by atoms with Gasteiger partial charge < -0.3 is 15.2 Å². The predicted molar refractivity (Wildman–Crippen MR) is 120 cm³/mol. The molecule has 5 nitrogen and oxygen atoms in total. The average Bonchev–Trinajstić information content (AvgIpc) is 2.77. The molecule has 4 aromatic rings. The number of nitrogens with one attached hydrogen (secondary N) is 2. The van der Waals surface area contributed by atoms with Gasteiger partial charge in [-0.2, -0.15) is 0 Å². The van der Waals surface area contributed by atoms with E-state index in [1.807, 2.05) is 55.5 Å². The van der Waals surface area contributed by atoms with E-state index in [9.17, 15) is 14.0 Å². The number of anilines is 1. The van der Waals surface area contributed by atoms with Gasteiger partial charge in [0.25, 0.3) is 5.56 Å². The van der Waals surface area contributed by atoms with Crippen LogP contribution in [0.1, 0.15) is 16.7 Å². The molecule has 3 aromatic carbocycles. The Labute approximate surface area is 179 Å². The van der Waals surface area contributed by atoms with Crippen LogP contribution in [0.3, 0.4) is 0 Å². The van der Waals surface area contributed by atoms with Crippen LogP contribution in [0.4, 0.5) is 14.9 Å². The van der Waals surface area contributed by atoms with Crippen molar-refractivity contribution in [1.29, 1.82) is 0 Å². The molecule has 1 aromatic heterocycles. The van der Waals surface area contributed by atoms with Crippen molar-refractivity contribution in [2.24, 2.45) is 0 Å². The van der Waals surface area contributed by atoms with Gasteiger partial charge in [-0.1, -0.05) is 60.7 Å². The van der Waals surface area contributed by atoms with Crippen LogP contribution >= 0.6 is 0 Å². The number of aryl methyl sites for hydroxylation is 1. The number of amides is 2. The normalized spacial score (nSPS) is 10.8. The van der Waals surface area contributed by atoms with Crippen molar-refractivity contribution in [3.63, 3.8) is 0 Å². The standard InChI is InChI=1S/C25H22FN3O2/c1-17-8-7-11-19-14-20(24(30)28-23(17)19)16-29(15-18-9-3-2-4-10-18)25(31)27-22-13-6-5-12-21(22)26/h2-14H,15-16H2,1H3,(H,27,31)(H,28,30). The molecule has 6 heteroatoms. The van der Waals surface area contributed by atoms with Crippen molar-refractivity contribution in [2.45, 2.75) is 20.0 Å². The van der Waals surface area contributed by atoms with Crippen LogP contribution in [0.5, 0.6) is 0 Å². The molecular formula is C25H22FN3O2. The molecule has 1 heterocycles. The number of nitrogens with zero attached hydrogens (tertiary/aromatic N) is 1. The number of rotatable bonds is 5. The summed E-state index contributed by atoms with van der Waals surface area (Å²) in [6.45, 7) is 2.28. The van der Waals surface area contributed by atoms with Crippen LogP contribution in [-0.4, -0.2) is 15.9 Å². The molecule has 0 radical (unpaired) electrons. The molecule has 0 aliphatic heterocycles. The number of benzene rings is 3. The van der Waals surface area contributed by atoms with Crippen molar-refractivity contribution >= 4 is 22.6 Å². The number of carbonyl (C=O) groups is 1. The summed E-state index contributed by atoms with van der Waals surface area (Å²) in [4.78, 5) is 30.2. The molecule has 2 N–H and O–H groups in total. The number of H-pyrrole nitrogens is 1. The third-order valence-electron chi connectivity index (χ3n) is 5.15. The largest absolute Gasteiger partial charge is 0.322 e. The van der Waals surface area contributed by atoms with Crippen LogP contribution in [-0.2, 0) is 13.1 Å². The number of hydrogen-bond acceptors (Lipinski definition) is 2. The van der Waals surface area contributed by atoms with Gasteiger partial charge in [-0.15, -0.1) is 0 Å². The van der Waals surface area contributed by atoms with Gasteiger partial charge in [0.2, 0.25) is 0 Å². The van der Waals surface area contributed by atoms with Crippen molar-refractivity contribution in [3.8, 4) is 0 Å². The number of aromatic amines is 1. The Kier molecular flexibility index (Phi) is 5.80. The maximum absolute atomic E-state index is 14.1. The van der Waals surface area contributed by atoms with Crippen molar-refractivity contribution in [3.05, 3.63) is 112 Å². The number of aromatic nitrogens is 1. The van der Waals surface area contributed by atoms with Gasteiger partial charge in [0.15, 0.2) is 0 Å². The molecule has 4 rings (SSSR count). The molecule has 0 aliphatic carbocycles. The number of carbonyl (C=O) groups excluding carboxylic acids is 1. The van der Waals surface area contributed by atoms with Gasteiger partial charge in [0, 0.05) is 12.1 Å². The molecule has 2 amide bonds. The quantitative estimate of drug-likeness (QED) is 0.470. The van der Waals surface area contributed by atoms with E-state index in [0.29, 0.717) is 5.56 Å². The zero-order valence-electron chi connectivity index (χ0n) is 17.1. The highest BCUT2D eigenvalue weighted by Crippen LogP contribution is 2.18. The Bertz CT molecular complexity index is 1280. The molecule has 0 unspecified atom stereocenters. The molecule has 31 heavy (non-hydrogen) atoms. The number of halogens is 1. The summed E-state index contributed by atoms with van der Waals surface area (Å²) >= 11 is 0. The van der Waals surface area contributed by atoms with Crippen LogP contribution in [0.2, 0.25) is 0 Å². The number of urea groups is 1. The minimum atomic E-state index is -0.519. The summed E-state index contributed by atoms with van der Waals surface area (Å²) in [7, 11) is 0. The fourth-order valence-electron chi connectivity index (χ4n) is 3.51. The topological polar surface area (TPSA) is 65.2 Å². The summed E-state index contributed by atoms with van der Waals surface area (Å²) in [6, 6.07) is 22.5. The van der Waals surface area contributed by atoms with Gasteiger partial charge in [0.1, 0.15) is 5.82 Å². The lowest BCUT2D eigenvalue weighted by molar-refractivity contribution is 0.206. The lowest BCUT2D eigenvalue weighted by atomic mass is 10.1. The second-order valence-electron chi connectivity index (χ2n) is 7.41. The Balaban J connectivity index is 1.66. The number of pyridine rings is 1. The van der Waals surface area contributed by atoms with Gasteiger partial charge in [-0.3, -0.25) is 4.79 Å². The first kappa shape index (κ1) is 20.3. The fraction of sp³-hybridized carbons (Fsp3) is 0.120. The van der Waals surface area contributed by atoms with Crippen molar-refractivity contribution < 1.29 is 9.18 Å². The van der Waals surface area contributed by atoms with Crippen LogP contribution in [0.25, 0.3) is 10.9 Å². The summed E-state index contributed by atoms with van der Waals surface area (Å²) in [5.74, 6) is -0.519. The highest BCUT2D eigenvalue weighted by Gasteiger charge is 2.18. The van der Waals surface area contributed by atoms with E-state index in [-0.39, 0.29) is 24.3 Å². The van der Waals surface area contributed by atoms with E-state index in [1.165, 1.54) is 17.0 Å². The minimum absolute atomic E-state index is 0.0778. The van der Waals surface area contributed by atoms with E-state index >= 15 is 0 Å². The fourth-order valence-corrected chi connectivity index (χ4v) is 3.51. The zero-order valence-corrected chi connectivity index (χ0v) is 17.1. The van der Waals surface area contributed by atoms with Crippen LogP contribution < -0.4 is 10.9 Å².